The van der Waals surface area contributed by atoms with Crippen LogP contribution in [0, 0.1) is 10.1 Å². The van der Waals surface area contributed by atoms with Gasteiger partial charge in [-0.2, -0.15) is 4.98 Å². The smallest absolute Gasteiger partial charge is 0.269 e. The van der Waals surface area contributed by atoms with Gasteiger partial charge in [-0.3, -0.25) is 10.1 Å². The van der Waals surface area contributed by atoms with E-state index < -0.39 is 11.0 Å². The summed E-state index contributed by atoms with van der Waals surface area (Å²) in [5.41, 5.74) is 13.0. The number of aliphatic hydroxyl groups excluding tert-OH is 1. The average Bonchev–Trinajstić information content (AvgIpc) is 2.78. The molecular weight excluding hydrogens is 418 g/mol. The molecule has 168 valence electrons. The lowest BCUT2D eigenvalue weighted by atomic mass is 10.1. The molecule has 5 N–H and O–H groups in total. The summed E-state index contributed by atoms with van der Waals surface area (Å²) in [5, 5.41) is 20.8. The van der Waals surface area contributed by atoms with Crippen LogP contribution in [0.5, 0.6) is 17.2 Å². The SMILES string of the molecule is COc1cc(Cc2cnc(N)nc2N)ccc1OCC(O)COc1ccc([N+](=O)[O-])cc1. The van der Waals surface area contributed by atoms with Gasteiger partial charge in [0.25, 0.3) is 5.69 Å². The largest absolute Gasteiger partial charge is 0.493 e. The van der Waals surface area contributed by atoms with Crippen LogP contribution in [0.25, 0.3) is 0 Å². The number of aliphatic hydroxyl groups is 1. The number of nitro benzene ring substituents is 1. The molecule has 11 nitrogen and oxygen atoms in total. The van der Waals surface area contributed by atoms with Crippen molar-refractivity contribution in [1.82, 2.24) is 9.97 Å². The molecule has 32 heavy (non-hydrogen) atoms. The fourth-order valence-electron chi connectivity index (χ4n) is 2.82. The third-order valence-corrected chi connectivity index (χ3v) is 4.46. The normalized spacial score (nSPS) is 11.6. The molecule has 1 atom stereocenters. The van der Waals surface area contributed by atoms with E-state index in [1.54, 1.807) is 18.3 Å². The van der Waals surface area contributed by atoms with Crippen LogP contribution >= 0.6 is 0 Å². The lowest BCUT2D eigenvalue weighted by Gasteiger charge is -2.16. The highest BCUT2D eigenvalue weighted by Crippen LogP contribution is 2.29. The van der Waals surface area contributed by atoms with E-state index in [0.29, 0.717) is 29.5 Å². The highest BCUT2D eigenvalue weighted by atomic mass is 16.6. The Labute approximate surface area is 183 Å². The minimum atomic E-state index is -0.929. The summed E-state index contributed by atoms with van der Waals surface area (Å²) in [6.45, 7) is -0.0872. The first-order valence-corrected chi connectivity index (χ1v) is 9.57. The molecule has 0 amide bonds. The van der Waals surface area contributed by atoms with E-state index in [2.05, 4.69) is 9.97 Å². The van der Waals surface area contributed by atoms with E-state index in [4.69, 9.17) is 25.7 Å². The third-order valence-electron chi connectivity index (χ3n) is 4.46. The summed E-state index contributed by atoms with van der Waals surface area (Å²) in [6.07, 6.45) is 1.13. The molecule has 2 aromatic carbocycles. The van der Waals surface area contributed by atoms with Crippen LogP contribution < -0.4 is 25.7 Å². The zero-order chi connectivity index (χ0) is 23.1. The molecule has 11 heteroatoms. The summed E-state index contributed by atoms with van der Waals surface area (Å²) >= 11 is 0. The van der Waals surface area contributed by atoms with E-state index in [1.165, 1.54) is 31.4 Å². The number of nitro groups is 1. The predicted molar refractivity (Wildman–Crippen MR) is 117 cm³/mol. The van der Waals surface area contributed by atoms with E-state index in [9.17, 15) is 15.2 Å². The van der Waals surface area contributed by atoms with Gasteiger partial charge in [0.1, 0.15) is 30.9 Å². The van der Waals surface area contributed by atoms with Crippen LogP contribution in [0.15, 0.2) is 48.7 Å². The van der Waals surface area contributed by atoms with Gasteiger partial charge in [0.2, 0.25) is 5.95 Å². The molecule has 0 aliphatic heterocycles. The molecule has 3 rings (SSSR count). The van der Waals surface area contributed by atoms with Crippen molar-refractivity contribution in [2.24, 2.45) is 0 Å². The van der Waals surface area contributed by atoms with Crippen molar-refractivity contribution in [3.05, 3.63) is 69.9 Å². The first-order valence-electron chi connectivity index (χ1n) is 9.57. The lowest BCUT2D eigenvalue weighted by Crippen LogP contribution is -2.25. The van der Waals surface area contributed by atoms with E-state index >= 15 is 0 Å². The van der Waals surface area contributed by atoms with Gasteiger partial charge in [-0.05, 0) is 29.8 Å². The first kappa shape index (κ1) is 22.6. The lowest BCUT2D eigenvalue weighted by molar-refractivity contribution is -0.384. The summed E-state index contributed by atoms with van der Waals surface area (Å²) in [4.78, 5) is 18.1. The fraction of sp³-hybridized carbons (Fsp3) is 0.238. The molecule has 0 radical (unpaired) electrons. The number of nitrogen functional groups attached to an aromatic ring is 2. The number of anilines is 2. The molecule has 0 spiro atoms. The van der Waals surface area contributed by atoms with Crippen LogP contribution in [0.3, 0.4) is 0 Å². The van der Waals surface area contributed by atoms with Crippen LogP contribution in [0.2, 0.25) is 0 Å². The number of rotatable bonds is 10. The molecule has 1 unspecified atom stereocenters. The van der Waals surface area contributed by atoms with Gasteiger partial charge in [0, 0.05) is 30.3 Å². The first-order chi connectivity index (χ1) is 15.4. The predicted octanol–water partition coefficient (Wildman–Crippen LogP) is 1.97. The van der Waals surface area contributed by atoms with Crippen molar-refractivity contribution in [3.8, 4) is 17.2 Å². The van der Waals surface area contributed by atoms with E-state index in [1.807, 2.05) is 6.07 Å². The Bertz CT molecular complexity index is 1080. The number of aromatic nitrogens is 2. The van der Waals surface area contributed by atoms with Crippen molar-refractivity contribution in [1.29, 1.82) is 0 Å². The average molecular weight is 441 g/mol. The minimum absolute atomic E-state index is 0.0385. The summed E-state index contributed by atoms with van der Waals surface area (Å²) in [5.74, 6) is 1.77. The number of hydrogen-bond donors (Lipinski definition) is 3. The van der Waals surface area contributed by atoms with Crippen LogP contribution in [-0.2, 0) is 6.42 Å². The van der Waals surface area contributed by atoms with Crippen molar-refractivity contribution in [2.45, 2.75) is 12.5 Å². The molecule has 0 fully saturated rings. The molecule has 0 aliphatic rings. The zero-order valence-electron chi connectivity index (χ0n) is 17.3. The Hall–Kier alpha value is -4.12. The van der Waals surface area contributed by atoms with Gasteiger partial charge in [0.15, 0.2) is 11.5 Å². The highest BCUT2D eigenvalue weighted by Gasteiger charge is 2.12. The van der Waals surface area contributed by atoms with E-state index in [0.717, 1.165) is 11.1 Å². The van der Waals surface area contributed by atoms with Gasteiger partial charge < -0.3 is 30.8 Å². The topological polar surface area (TPSA) is 169 Å². The Morgan fingerprint density at radius 1 is 1.09 bits per heavy atom. The number of nitrogens with zero attached hydrogens (tertiary/aromatic N) is 3. The van der Waals surface area contributed by atoms with E-state index in [-0.39, 0.29) is 24.8 Å². The zero-order valence-corrected chi connectivity index (χ0v) is 17.3. The number of methoxy groups -OCH3 is 1. The molecule has 0 aliphatic carbocycles. The van der Waals surface area contributed by atoms with Gasteiger partial charge in [0.05, 0.1) is 12.0 Å². The van der Waals surface area contributed by atoms with Crippen molar-refractivity contribution in [2.75, 3.05) is 31.8 Å². The summed E-state index contributed by atoms with van der Waals surface area (Å²) < 4.78 is 16.5. The van der Waals surface area contributed by atoms with Crippen LogP contribution in [-0.4, -0.2) is 46.4 Å². The molecule has 1 heterocycles. The minimum Gasteiger partial charge on any atom is -0.493 e. The highest BCUT2D eigenvalue weighted by molar-refractivity contribution is 5.48. The molecule has 0 bridgehead atoms. The van der Waals surface area contributed by atoms with Crippen LogP contribution in [0.1, 0.15) is 11.1 Å². The molecular formula is C21H23N5O6. The van der Waals surface area contributed by atoms with Crippen LogP contribution in [0.4, 0.5) is 17.5 Å². The Balaban J connectivity index is 1.55. The second kappa shape index (κ2) is 10.3. The van der Waals surface area contributed by atoms with Gasteiger partial charge in [-0.25, -0.2) is 4.98 Å². The number of nitrogens with two attached hydrogens (primary N) is 2. The van der Waals surface area contributed by atoms with Gasteiger partial charge >= 0.3 is 0 Å². The van der Waals surface area contributed by atoms with Crippen molar-refractivity contribution in [3.63, 3.8) is 0 Å². The standard InChI is InChI=1S/C21H23N5O6/c1-30-19-9-13(8-14-10-24-21(23)25-20(14)22)2-7-18(19)32-12-16(27)11-31-17-5-3-15(4-6-17)26(28)29/h2-7,9-10,16,27H,8,11-12H2,1H3,(H4,22,23,24,25). The van der Waals surface area contributed by atoms with Crippen molar-refractivity contribution < 1.29 is 24.2 Å². The Morgan fingerprint density at radius 2 is 1.81 bits per heavy atom. The number of non-ortho nitro benzene ring substituents is 1. The number of ether oxygens (including phenoxy) is 3. The maximum absolute atomic E-state index is 10.7. The fourth-order valence-corrected chi connectivity index (χ4v) is 2.82. The third kappa shape index (κ3) is 5.95. The summed E-state index contributed by atoms with van der Waals surface area (Å²) in [7, 11) is 1.51. The number of hydrogen-bond acceptors (Lipinski definition) is 10. The second-order valence-electron chi connectivity index (χ2n) is 6.83. The monoisotopic (exact) mass is 441 g/mol. The molecule has 3 aromatic rings. The Morgan fingerprint density at radius 3 is 2.47 bits per heavy atom. The molecule has 0 saturated heterocycles. The molecule has 0 saturated carbocycles. The van der Waals surface area contributed by atoms with Gasteiger partial charge in [-0.1, -0.05) is 6.07 Å². The maximum Gasteiger partial charge on any atom is 0.269 e. The maximum atomic E-state index is 10.7. The summed E-state index contributed by atoms with van der Waals surface area (Å²) in [6, 6.07) is 11.0. The second-order valence-corrected chi connectivity index (χ2v) is 6.83. The van der Waals surface area contributed by atoms with Gasteiger partial charge in [-0.15, -0.1) is 0 Å². The molecule has 1 aromatic heterocycles. The quantitative estimate of drug-likeness (QED) is 0.312. The number of benzene rings is 2. The van der Waals surface area contributed by atoms with Crippen molar-refractivity contribution >= 4 is 17.5 Å². The Kier molecular flexibility index (Phi) is 7.24.